The molecule has 5 nitrogen and oxygen atoms in total. The summed E-state index contributed by atoms with van der Waals surface area (Å²) in [5, 5.41) is 3.71. The number of hydrogen-bond acceptors (Lipinski definition) is 3. The molecule has 0 bridgehead atoms. The van der Waals surface area contributed by atoms with E-state index in [1.54, 1.807) is 12.1 Å². The second kappa shape index (κ2) is 7.31. The predicted molar refractivity (Wildman–Crippen MR) is 86.9 cm³/mol. The molecule has 1 heterocycles. The van der Waals surface area contributed by atoms with Crippen molar-refractivity contribution in [1.82, 2.24) is 15.1 Å². The minimum atomic E-state index is -0.393. The zero-order valence-electron chi connectivity index (χ0n) is 12.6. The third kappa shape index (κ3) is 3.91. The zero-order chi connectivity index (χ0) is 16.3. The molecule has 2 rings (SSSR count). The zero-order valence-corrected chi connectivity index (χ0v) is 14.1. The van der Waals surface area contributed by atoms with Gasteiger partial charge in [0.25, 0.3) is 5.91 Å². The normalized spacial score (nSPS) is 18.2. The molecule has 0 spiro atoms. The van der Waals surface area contributed by atoms with E-state index in [4.69, 9.17) is 23.2 Å². The molecule has 1 saturated heterocycles. The van der Waals surface area contributed by atoms with Crippen molar-refractivity contribution in [1.29, 1.82) is 0 Å². The summed E-state index contributed by atoms with van der Waals surface area (Å²) in [4.78, 5) is 27.2. The summed E-state index contributed by atoms with van der Waals surface area (Å²) < 4.78 is 0. The first-order valence-electron chi connectivity index (χ1n) is 7.16. The molecule has 1 aromatic carbocycles. The lowest BCUT2D eigenvalue weighted by atomic mass is 10.2. The summed E-state index contributed by atoms with van der Waals surface area (Å²) in [5.74, 6) is -0.159. The van der Waals surface area contributed by atoms with Gasteiger partial charge in [-0.25, -0.2) is 9.69 Å². The molecule has 0 radical (unpaired) electrons. The Labute approximate surface area is 140 Å². The second-order valence-electron chi connectivity index (χ2n) is 5.46. The summed E-state index contributed by atoms with van der Waals surface area (Å²) in [7, 11) is 1.84. The molecular formula is C15H19Cl2N3O2. The Balaban J connectivity index is 1.96. The maximum absolute atomic E-state index is 12.2. The van der Waals surface area contributed by atoms with E-state index in [9.17, 15) is 9.59 Å². The number of benzene rings is 1. The maximum Gasteiger partial charge on any atom is 0.325 e. The number of carbonyl (C=O) groups excluding carboxylic acids is 2. The van der Waals surface area contributed by atoms with E-state index in [0.717, 1.165) is 12.0 Å². The van der Waals surface area contributed by atoms with Crippen molar-refractivity contribution in [2.45, 2.75) is 32.4 Å². The number of amides is 3. The van der Waals surface area contributed by atoms with E-state index in [1.165, 1.54) is 4.90 Å². The summed E-state index contributed by atoms with van der Waals surface area (Å²) in [5.41, 5.74) is 0.967. The number of nitrogens with zero attached hydrogens (tertiary/aromatic N) is 2. The molecule has 22 heavy (non-hydrogen) atoms. The van der Waals surface area contributed by atoms with Crippen LogP contribution in [-0.2, 0) is 11.3 Å². The van der Waals surface area contributed by atoms with Gasteiger partial charge < -0.3 is 5.32 Å². The number of nitrogens with one attached hydrogen (secondary N) is 1. The van der Waals surface area contributed by atoms with Crippen molar-refractivity contribution in [3.8, 4) is 0 Å². The lowest BCUT2D eigenvalue weighted by Crippen LogP contribution is -2.40. The van der Waals surface area contributed by atoms with E-state index >= 15 is 0 Å². The molecule has 1 aliphatic heterocycles. The Morgan fingerprint density at radius 1 is 1.27 bits per heavy atom. The average molecular weight is 344 g/mol. The van der Waals surface area contributed by atoms with Crippen molar-refractivity contribution in [3.05, 3.63) is 33.8 Å². The van der Waals surface area contributed by atoms with Gasteiger partial charge in [0.1, 0.15) is 6.04 Å². The molecule has 1 aliphatic rings. The number of carbonyl (C=O) groups is 2. The Morgan fingerprint density at radius 2 is 2.00 bits per heavy atom. The molecule has 0 saturated carbocycles. The molecule has 7 heteroatoms. The highest BCUT2D eigenvalue weighted by molar-refractivity contribution is 6.42. The molecule has 0 aromatic heterocycles. The van der Waals surface area contributed by atoms with Crippen LogP contribution in [0, 0.1) is 0 Å². The summed E-state index contributed by atoms with van der Waals surface area (Å²) in [6.45, 7) is 2.79. The second-order valence-corrected chi connectivity index (χ2v) is 6.28. The third-order valence-corrected chi connectivity index (χ3v) is 4.24. The molecule has 1 fully saturated rings. The van der Waals surface area contributed by atoms with Crippen LogP contribution in [0.3, 0.4) is 0 Å². The largest absolute Gasteiger partial charge is 0.326 e. The van der Waals surface area contributed by atoms with Gasteiger partial charge in [0.05, 0.1) is 16.7 Å². The van der Waals surface area contributed by atoms with Crippen LogP contribution in [0.25, 0.3) is 0 Å². The van der Waals surface area contributed by atoms with Gasteiger partial charge >= 0.3 is 6.03 Å². The highest BCUT2D eigenvalue weighted by atomic mass is 35.5. The first kappa shape index (κ1) is 17.1. The van der Waals surface area contributed by atoms with Crippen LogP contribution in [0.1, 0.15) is 25.3 Å². The SMILES string of the molecule is CCC[C@H]1NC(=O)N(CN(C)Cc2ccc(Cl)c(Cl)c2)C1=O. The minimum Gasteiger partial charge on any atom is -0.326 e. The van der Waals surface area contributed by atoms with Crippen molar-refractivity contribution >= 4 is 35.1 Å². The van der Waals surface area contributed by atoms with Crippen LogP contribution in [0.15, 0.2) is 18.2 Å². The van der Waals surface area contributed by atoms with Gasteiger partial charge in [0, 0.05) is 6.54 Å². The minimum absolute atomic E-state index is 0.159. The quantitative estimate of drug-likeness (QED) is 0.807. The number of urea groups is 1. The monoisotopic (exact) mass is 343 g/mol. The van der Waals surface area contributed by atoms with Crippen molar-refractivity contribution in [2.75, 3.05) is 13.7 Å². The third-order valence-electron chi connectivity index (χ3n) is 3.50. The van der Waals surface area contributed by atoms with Gasteiger partial charge in [0.2, 0.25) is 0 Å². The van der Waals surface area contributed by atoms with Gasteiger partial charge in [-0.3, -0.25) is 9.69 Å². The maximum atomic E-state index is 12.2. The topological polar surface area (TPSA) is 52.7 Å². The fourth-order valence-corrected chi connectivity index (χ4v) is 2.76. The standard InChI is InChI=1S/C15H19Cl2N3O2/c1-3-4-13-14(21)20(15(22)18-13)9-19(2)8-10-5-6-11(16)12(17)7-10/h5-7,13H,3-4,8-9H2,1-2H3,(H,18,22)/t13-/m1/s1. The van der Waals surface area contributed by atoms with E-state index in [0.29, 0.717) is 23.0 Å². The van der Waals surface area contributed by atoms with Crippen molar-refractivity contribution < 1.29 is 9.59 Å². The van der Waals surface area contributed by atoms with Crippen molar-refractivity contribution in [3.63, 3.8) is 0 Å². The number of rotatable bonds is 6. The van der Waals surface area contributed by atoms with Crippen molar-refractivity contribution in [2.24, 2.45) is 0 Å². The number of halogens is 2. The Bertz CT molecular complexity index is 580. The number of imide groups is 1. The highest BCUT2D eigenvalue weighted by Gasteiger charge is 2.37. The molecule has 1 N–H and O–H groups in total. The van der Waals surface area contributed by atoms with Crippen LogP contribution in [0.5, 0.6) is 0 Å². The van der Waals surface area contributed by atoms with E-state index < -0.39 is 6.04 Å². The fraction of sp³-hybridized carbons (Fsp3) is 0.467. The lowest BCUT2D eigenvalue weighted by Gasteiger charge is -2.22. The van der Waals surface area contributed by atoms with E-state index in [1.807, 2.05) is 24.9 Å². The van der Waals surface area contributed by atoms with Crippen LogP contribution >= 0.6 is 23.2 Å². The smallest absolute Gasteiger partial charge is 0.325 e. The molecule has 1 atom stereocenters. The highest BCUT2D eigenvalue weighted by Crippen LogP contribution is 2.23. The molecule has 120 valence electrons. The van der Waals surface area contributed by atoms with Crippen LogP contribution in [0.4, 0.5) is 4.79 Å². The van der Waals surface area contributed by atoms with Gasteiger partial charge in [0.15, 0.2) is 0 Å². The van der Waals surface area contributed by atoms with E-state index in [-0.39, 0.29) is 18.6 Å². The molecule has 3 amide bonds. The summed E-state index contributed by atoms with van der Waals surface area (Å²) in [6.07, 6.45) is 1.52. The summed E-state index contributed by atoms with van der Waals surface area (Å²) in [6, 6.07) is 4.67. The average Bonchev–Trinajstić information content (AvgIpc) is 2.71. The molecule has 0 aliphatic carbocycles. The summed E-state index contributed by atoms with van der Waals surface area (Å²) >= 11 is 11.9. The van der Waals surface area contributed by atoms with E-state index in [2.05, 4.69) is 5.32 Å². The Hall–Kier alpha value is -1.30. The van der Waals surface area contributed by atoms with Gasteiger partial charge in [-0.1, -0.05) is 42.6 Å². The Kier molecular flexibility index (Phi) is 5.67. The molecule has 1 aromatic rings. The lowest BCUT2D eigenvalue weighted by molar-refractivity contribution is -0.129. The van der Waals surface area contributed by atoms with Gasteiger partial charge in [-0.05, 0) is 31.2 Å². The predicted octanol–water partition coefficient (Wildman–Crippen LogP) is 3.10. The molecule has 0 unspecified atom stereocenters. The van der Waals surface area contributed by atoms with Crippen LogP contribution in [-0.4, -0.2) is 41.5 Å². The van der Waals surface area contributed by atoms with Gasteiger partial charge in [-0.2, -0.15) is 0 Å². The molecular weight excluding hydrogens is 325 g/mol. The van der Waals surface area contributed by atoms with Gasteiger partial charge in [-0.15, -0.1) is 0 Å². The fourth-order valence-electron chi connectivity index (χ4n) is 2.44. The Morgan fingerprint density at radius 3 is 2.64 bits per heavy atom. The number of hydrogen-bond donors (Lipinski definition) is 1. The first-order chi connectivity index (χ1) is 10.4. The van der Waals surface area contributed by atoms with Crippen LogP contribution in [0.2, 0.25) is 10.0 Å². The first-order valence-corrected chi connectivity index (χ1v) is 7.92. The van der Waals surface area contributed by atoms with Crippen LogP contribution < -0.4 is 5.32 Å².